The summed E-state index contributed by atoms with van der Waals surface area (Å²) in [5.74, 6) is -1.29. The summed E-state index contributed by atoms with van der Waals surface area (Å²) >= 11 is 12.3. The summed E-state index contributed by atoms with van der Waals surface area (Å²) in [7, 11) is 1.55. The third-order valence-corrected chi connectivity index (χ3v) is 4.92. The molecule has 1 aliphatic rings. The second-order valence-electron chi connectivity index (χ2n) is 5.81. The lowest BCUT2D eigenvalue weighted by atomic mass is 10.1. The Labute approximate surface area is 148 Å². The zero-order valence-corrected chi connectivity index (χ0v) is 14.4. The molecule has 0 saturated carbocycles. The normalized spacial score (nSPS) is 20.7. The summed E-state index contributed by atoms with van der Waals surface area (Å²) in [4.78, 5) is 28.5. The van der Waals surface area contributed by atoms with E-state index in [1.807, 2.05) is 0 Å². The van der Waals surface area contributed by atoms with E-state index < -0.39 is 12.0 Å². The van der Waals surface area contributed by atoms with Gasteiger partial charge >= 0.3 is 5.97 Å². The molecule has 2 N–H and O–H groups in total. The molecule has 0 spiro atoms. The molecule has 1 fully saturated rings. The molecular formula is C16H16Cl2N2O4. The molecule has 0 aliphatic carbocycles. The van der Waals surface area contributed by atoms with Crippen LogP contribution in [0.4, 0.5) is 0 Å². The number of methoxy groups -OCH3 is 1. The van der Waals surface area contributed by atoms with Crippen LogP contribution in [-0.4, -0.2) is 52.7 Å². The fourth-order valence-corrected chi connectivity index (χ4v) is 3.57. The number of ether oxygens (including phenoxy) is 1. The molecule has 3 rings (SSSR count). The number of fused-ring (bicyclic) bond motifs is 1. The summed E-state index contributed by atoms with van der Waals surface area (Å²) in [5, 5.41) is 10.5. The van der Waals surface area contributed by atoms with Crippen LogP contribution in [0.15, 0.2) is 18.2 Å². The number of nitrogens with one attached hydrogen (secondary N) is 1. The fourth-order valence-electron chi connectivity index (χ4n) is 3.11. The van der Waals surface area contributed by atoms with E-state index in [1.54, 1.807) is 25.3 Å². The first-order chi connectivity index (χ1) is 11.4. The first kappa shape index (κ1) is 17.1. The molecule has 24 heavy (non-hydrogen) atoms. The molecule has 2 atom stereocenters. The molecule has 0 radical (unpaired) electrons. The largest absolute Gasteiger partial charge is 0.481 e. The van der Waals surface area contributed by atoms with Crippen molar-refractivity contribution >= 4 is 46.0 Å². The highest BCUT2D eigenvalue weighted by atomic mass is 35.5. The molecule has 2 heterocycles. The van der Waals surface area contributed by atoms with Crippen LogP contribution in [0, 0.1) is 0 Å². The lowest BCUT2D eigenvalue weighted by molar-refractivity contribution is -0.137. The number of carboxylic acid groups (broad SMARTS) is 1. The van der Waals surface area contributed by atoms with Gasteiger partial charge in [-0.3, -0.25) is 9.59 Å². The van der Waals surface area contributed by atoms with E-state index in [2.05, 4.69) is 4.98 Å². The number of hydrogen-bond acceptors (Lipinski definition) is 3. The average molecular weight is 371 g/mol. The van der Waals surface area contributed by atoms with E-state index >= 15 is 0 Å². The highest BCUT2D eigenvalue weighted by molar-refractivity contribution is 6.39. The van der Waals surface area contributed by atoms with Crippen molar-refractivity contribution in [1.29, 1.82) is 0 Å². The maximum absolute atomic E-state index is 12.9. The number of hydrogen-bond donors (Lipinski definition) is 2. The summed E-state index contributed by atoms with van der Waals surface area (Å²) in [6.45, 7) is 0.333. The number of carboxylic acids is 1. The molecule has 1 aliphatic heterocycles. The average Bonchev–Trinajstić information content (AvgIpc) is 3.08. The first-order valence-corrected chi connectivity index (χ1v) is 8.18. The maximum atomic E-state index is 12.9. The van der Waals surface area contributed by atoms with Gasteiger partial charge in [0.25, 0.3) is 5.91 Å². The number of carbonyl (C=O) groups excluding carboxylic acids is 1. The van der Waals surface area contributed by atoms with Crippen LogP contribution in [0.1, 0.15) is 23.3 Å². The van der Waals surface area contributed by atoms with Crippen molar-refractivity contribution < 1.29 is 19.4 Å². The molecule has 1 saturated heterocycles. The number of aliphatic carboxylic acids is 1. The monoisotopic (exact) mass is 370 g/mol. The van der Waals surface area contributed by atoms with Crippen LogP contribution < -0.4 is 0 Å². The van der Waals surface area contributed by atoms with Crippen molar-refractivity contribution in [2.45, 2.75) is 25.0 Å². The maximum Gasteiger partial charge on any atom is 0.305 e. The van der Waals surface area contributed by atoms with Gasteiger partial charge in [-0.25, -0.2) is 0 Å². The molecule has 2 aromatic rings. The predicted molar refractivity (Wildman–Crippen MR) is 90.8 cm³/mol. The van der Waals surface area contributed by atoms with Crippen molar-refractivity contribution in [3.05, 3.63) is 33.9 Å². The van der Waals surface area contributed by atoms with Crippen molar-refractivity contribution in [1.82, 2.24) is 9.88 Å². The van der Waals surface area contributed by atoms with Crippen molar-refractivity contribution in [3.63, 3.8) is 0 Å². The Morgan fingerprint density at radius 1 is 1.42 bits per heavy atom. The molecule has 0 bridgehead atoms. The van der Waals surface area contributed by atoms with Gasteiger partial charge in [0.1, 0.15) is 5.69 Å². The fraction of sp³-hybridized carbons (Fsp3) is 0.375. The highest BCUT2D eigenvalue weighted by Crippen LogP contribution is 2.32. The molecule has 1 aromatic carbocycles. The first-order valence-electron chi connectivity index (χ1n) is 7.43. The number of benzene rings is 1. The quantitative estimate of drug-likeness (QED) is 0.865. The molecule has 1 amide bonds. The minimum atomic E-state index is -0.955. The zero-order valence-electron chi connectivity index (χ0n) is 12.9. The molecule has 2 unspecified atom stereocenters. The van der Waals surface area contributed by atoms with Crippen LogP contribution in [-0.2, 0) is 9.53 Å². The Balaban J connectivity index is 1.95. The zero-order chi connectivity index (χ0) is 17.4. The predicted octanol–water partition coefficient (Wildman–Crippen LogP) is 3.18. The second-order valence-corrected chi connectivity index (χ2v) is 6.62. The minimum Gasteiger partial charge on any atom is -0.481 e. The Bertz CT molecular complexity index is 805. The molecule has 128 valence electrons. The van der Waals surface area contributed by atoms with Crippen LogP contribution >= 0.6 is 23.2 Å². The SMILES string of the molecule is COC1CC(CC(=O)O)N(C(=O)c2[nH]c3ccc(Cl)cc3c2Cl)C1. The second kappa shape index (κ2) is 6.63. The number of rotatable bonds is 4. The van der Waals surface area contributed by atoms with E-state index in [-0.39, 0.29) is 29.1 Å². The van der Waals surface area contributed by atoms with Crippen molar-refractivity contribution in [3.8, 4) is 0 Å². The van der Waals surface area contributed by atoms with Gasteiger partial charge in [-0.1, -0.05) is 23.2 Å². The van der Waals surface area contributed by atoms with E-state index in [0.717, 1.165) is 0 Å². The Morgan fingerprint density at radius 2 is 2.17 bits per heavy atom. The Morgan fingerprint density at radius 3 is 2.83 bits per heavy atom. The number of H-pyrrole nitrogens is 1. The van der Waals surface area contributed by atoms with Gasteiger partial charge < -0.3 is 19.7 Å². The van der Waals surface area contributed by atoms with Crippen LogP contribution in [0.2, 0.25) is 10.0 Å². The molecule has 6 nitrogen and oxygen atoms in total. The Kier molecular flexibility index (Phi) is 4.71. The van der Waals surface area contributed by atoms with Crippen molar-refractivity contribution in [2.24, 2.45) is 0 Å². The number of aromatic amines is 1. The standard InChI is InChI=1S/C16H16Cl2N2O4/c1-24-10-5-9(6-13(21)22)20(7-10)16(23)15-14(18)11-4-8(17)2-3-12(11)19-15/h2-4,9-10,19H,5-7H2,1H3,(H,21,22). The number of likely N-dealkylation sites (tertiary alicyclic amines) is 1. The number of amides is 1. The number of halogens is 2. The molecule has 8 heteroatoms. The summed E-state index contributed by atoms with van der Waals surface area (Å²) in [5.41, 5.74) is 0.936. The number of nitrogens with zero attached hydrogens (tertiary/aromatic N) is 1. The van der Waals surface area contributed by atoms with Crippen molar-refractivity contribution in [2.75, 3.05) is 13.7 Å². The van der Waals surface area contributed by atoms with E-state index in [0.29, 0.717) is 28.9 Å². The third-order valence-electron chi connectivity index (χ3n) is 4.29. The lowest BCUT2D eigenvalue weighted by Crippen LogP contribution is -2.37. The van der Waals surface area contributed by atoms with Gasteiger partial charge in [0.15, 0.2) is 0 Å². The van der Waals surface area contributed by atoms with E-state index in [1.165, 1.54) is 4.90 Å². The van der Waals surface area contributed by atoms with Gasteiger partial charge in [-0.15, -0.1) is 0 Å². The summed E-state index contributed by atoms with van der Waals surface area (Å²) in [6, 6.07) is 4.71. The third kappa shape index (κ3) is 3.09. The van der Waals surface area contributed by atoms with E-state index in [9.17, 15) is 9.59 Å². The van der Waals surface area contributed by atoms with Crippen LogP contribution in [0.5, 0.6) is 0 Å². The van der Waals surface area contributed by atoms with Gasteiger partial charge in [0, 0.05) is 35.6 Å². The van der Waals surface area contributed by atoms with E-state index in [4.69, 9.17) is 33.0 Å². The van der Waals surface area contributed by atoms with Gasteiger partial charge in [-0.2, -0.15) is 0 Å². The van der Waals surface area contributed by atoms with Gasteiger partial charge in [-0.05, 0) is 24.6 Å². The van der Waals surface area contributed by atoms with Crippen LogP contribution in [0.25, 0.3) is 10.9 Å². The lowest BCUT2D eigenvalue weighted by Gasteiger charge is -2.22. The summed E-state index contributed by atoms with van der Waals surface area (Å²) < 4.78 is 5.30. The number of carbonyl (C=O) groups is 2. The topological polar surface area (TPSA) is 82.6 Å². The smallest absolute Gasteiger partial charge is 0.305 e. The summed E-state index contributed by atoms with van der Waals surface area (Å²) in [6.07, 6.45) is 0.170. The number of aromatic nitrogens is 1. The van der Waals surface area contributed by atoms with Gasteiger partial charge in [0.2, 0.25) is 0 Å². The Hall–Kier alpha value is -1.76. The minimum absolute atomic E-state index is 0.130. The van der Waals surface area contributed by atoms with Crippen LogP contribution in [0.3, 0.4) is 0 Å². The molecular weight excluding hydrogens is 355 g/mol. The van der Waals surface area contributed by atoms with Gasteiger partial charge in [0.05, 0.1) is 17.5 Å². The highest BCUT2D eigenvalue weighted by Gasteiger charge is 2.38. The molecule has 1 aromatic heterocycles.